The molecule has 0 bridgehead atoms. The lowest BCUT2D eigenvalue weighted by Crippen LogP contribution is -2.33. The lowest BCUT2D eigenvalue weighted by molar-refractivity contribution is 0.0515. The topological polar surface area (TPSA) is 128 Å². The van der Waals surface area contributed by atoms with Crippen LogP contribution in [0.2, 0.25) is 0 Å². The lowest BCUT2D eigenvalue weighted by Gasteiger charge is -2.19. The van der Waals surface area contributed by atoms with Gasteiger partial charge in [-0.25, -0.2) is 14.4 Å². The van der Waals surface area contributed by atoms with Gasteiger partial charge < -0.3 is 34.6 Å². The molecule has 1 heterocycles. The second-order valence-electron chi connectivity index (χ2n) is 12.1. The van der Waals surface area contributed by atoms with E-state index in [9.17, 15) is 14.4 Å². The van der Waals surface area contributed by atoms with Crippen LogP contribution in [0.3, 0.4) is 0 Å². The fourth-order valence-electron chi connectivity index (χ4n) is 4.28. The third kappa shape index (κ3) is 12.7. The maximum Gasteiger partial charge on any atom is 0.407 e. The van der Waals surface area contributed by atoms with Gasteiger partial charge in [-0.3, -0.25) is 0 Å². The van der Waals surface area contributed by atoms with Crippen molar-refractivity contribution in [2.45, 2.75) is 104 Å². The summed E-state index contributed by atoms with van der Waals surface area (Å²) in [6.45, 7) is 12.7. The molecule has 230 valence electrons. The molecule has 2 rings (SSSR count). The Morgan fingerprint density at radius 1 is 0.780 bits per heavy atom. The predicted octanol–water partition coefficient (Wildman–Crippen LogP) is 6.66. The molecule has 0 aliphatic heterocycles. The number of alkyl carbamates (subject to hydrolysis) is 2. The maximum atomic E-state index is 12.6. The molecule has 0 fully saturated rings. The van der Waals surface area contributed by atoms with E-state index in [0.29, 0.717) is 31.1 Å². The van der Waals surface area contributed by atoms with Gasteiger partial charge in [-0.2, -0.15) is 0 Å². The number of fused-ring (bicyclic) bond motifs is 1. The summed E-state index contributed by atoms with van der Waals surface area (Å²) in [5.74, 6) is 0.292. The highest BCUT2D eigenvalue weighted by Crippen LogP contribution is 2.31. The van der Waals surface area contributed by atoms with Gasteiger partial charge in [-0.15, -0.1) is 0 Å². The van der Waals surface area contributed by atoms with Crippen LogP contribution < -0.4 is 15.4 Å². The molecule has 0 radical (unpaired) electrons. The number of carbonyl (C=O) groups excluding carboxylic acids is 3. The summed E-state index contributed by atoms with van der Waals surface area (Å²) in [6, 6.07) is 5.82. The van der Waals surface area contributed by atoms with Crippen LogP contribution in [-0.4, -0.2) is 61.1 Å². The molecule has 41 heavy (non-hydrogen) atoms. The molecule has 0 atom stereocenters. The van der Waals surface area contributed by atoms with E-state index in [-0.39, 0.29) is 0 Å². The van der Waals surface area contributed by atoms with Crippen molar-refractivity contribution >= 4 is 29.1 Å². The average molecular weight is 576 g/mol. The molecule has 1 aromatic heterocycles. The summed E-state index contributed by atoms with van der Waals surface area (Å²) in [7, 11) is 1.38. The molecule has 0 aliphatic rings. The highest BCUT2D eigenvalue weighted by atomic mass is 16.6. The Kier molecular flexibility index (Phi) is 13.3. The molecule has 10 nitrogen and oxygen atoms in total. The van der Waals surface area contributed by atoms with Gasteiger partial charge in [-0.1, -0.05) is 25.0 Å². The summed E-state index contributed by atoms with van der Waals surface area (Å²) in [5, 5.41) is 6.51. The molecule has 0 saturated heterocycles. The zero-order chi connectivity index (χ0) is 30.5. The first-order chi connectivity index (χ1) is 19.3. The number of nitrogens with one attached hydrogen (secondary N) is 3. The Balaban J connectivity index is 1.84. The molecular formula is C31H49N3O7. The smallest absolute Gasteiger partial charge is 0.407 e. The van der Waals surface area contributed by atoms with E-state index < -0.39 is 29.4 Å². The van der Waals surface area contributed by atoms with Gasteiger partial charge in [0.2, 0.25) is 0 Å². The number of amides is 2. The third-order valence-electron chi connectivity index (χ3n) is 6.06. The molecule has 0 spiro atoms. The monoisotopic (exact) mass is 575 g/mol. The van der Waals surface area contributed by atoms with E-state index in [0.717, 1.165) is 67.8 Å². The summed E-state index contributed by atoms with van der Waals surface area (Å²) in [6.07, 6.45) is 6.12. The van der Waals surface area contributed by atoms with Gasteiger partial charge in [0.25, 0.3) is 0 Å². The second-order valence-corrected chi connectivity index (χ2v) is 12.1. The molecule has 3 N–H and O–H groups in total. The lowest BCUT2D eigenvalue weighted by atomic mass is 10.0. The van der Waals surface area contributed by atoms with Crippen molar-refractivity contribution in [3.8, 4) is 5.75 Å². The number of para-hydroxylation sites is 1. The van der Waals surface area contributed by atoms with Crippen LogP contribution in [0, 0.1) is 0 Å². The molecule has 2 amide bonds. The van der Waals surface area contributed by atoms with Crippen LogP contribution in [0.4, 0.5) is 9.59 Å². The van der Waals surface area contributed by atoms with E-state index in [1.807, 2.05) is 59.7 Å². The highest BCUT2D eigenvalue weighted by molar-refractivity contribution is 6.00. The van der Waals surface area contributed by atoms with Crippen molar-refractivity contribution in [1.29, 1.82) is 0 Å². The molecule has 1 aromatic carbocycles. The minimum atomic E-state index is -0.507. The number of esters is 1. The van der Waals surface area contributed by atoms with Crippen LogP contribution in [0.5, 0.6) is 5.75 Å². The predicted molar refractivity (Wildman–Crippen MR) is 160 cm³/mol. The Hall–Kier alpha value is -3.43. The number of hydrogen-bond acceptors (Lipinski definition) is 7. The Morgan fingerprint density at radius 3 is 1.90 bits per heavy atom. The largest absolute Gasteiger partial charge is 0.491 e. The summed E-state index contributed by atoms with van der Waals surface area (Å²) >= 11 is 0. The SMILES string of the molecule is COC(=O)c1[nH]c2c(OCCCCCNC(=O)OC(C)(C)C)cccc2c1CCCCCCNC(=O)OC(C)(C)C. The first-order valence-corrected chi connectivity index (χ1v) is 14.6. The van der Waals surface area contributed by atoms with Crippen LogP contribution in [-0.2, 0) is 20.6 Å². The van der Waals surface area contributed by atoms with E-state index in [1.54, 1.807) is 0 Å². The summed E-state index contributed by atoms with van der Waals surface area (Å²) in [5.41, 5.74) is 1.16. The number of aromatic amines is 1. The van der Waals surface area contributed by atoms with Gasteiger partial charge in [0.15, 0.2) is 0 Å². The number of rotatable bonds is 15. The zero-order valence-corrected chi connectivity index (χ0v) is 25.9. The summed E-state index contributed by atoms with van der Waals surface area (Å²) in [4.78, 5) is 39.3. The number of hydrogen-bond donors (Lipinski definition) is 3. The quantitative estimate of drug-likeness (QED) is 0.123. The fourth-order valence-corrected chi connectivity index (χ4v) is 4.28. The number of H-pyrrole nitrogens is 1. The van der Waals surface area contributed by atoms with E-state index in [1.165, 1.54) is 7.11 Å². The Bertz CT molecular complexity index is 1130. The van der Waals surface area contributed by atoms with Gasteiger partial charge >= 0.3 is 18.2 Å². The van der Waals surface area contributed by atoms with Crippen LogP contribution in [0.15, 0.2) is 18.2 Å². The van der Waals surface area contributed by atoms with E-state index in [2.05, 4.69) is 15.6 Å². The first-order valence-electron chi connectivity index (χ1n) is 14.6. The van der Waals surface area contributed by atoms with Crippen LogP contribution >= 0.6 is 0 Å². The molecule has 0 saturated carbocycles. The summed E-state index contributed by atoms with van der Waals surface area (Å²) < 4.78 is 21.6. The average Bonchev–Trinajstić information content (AvgIpc) is 3.24. The number of aryl methyl sites for hydroxylation is 1. The Labute approximate surface area is 244 Å². The standard InChI is InChI=1S/C31H49N3O7/c1-30(2,3)40-28(36)32-19-12-9-8-11-16-23-22-17-15-18-24(25(22)34-26(23)27(35)38-7)39-21-14-10-13-20-33-29(37)41-31(4,5)6/h15,17-18,34H,8-14,16,19-21H2,1-7H3,(H,32,36)(H,33,37). The van der Waals surface area contributed by atoms with Crippen molar-refractivity contribution in [3.63, 3.8) is 0 Å². The number of carbonyl (C=O) groups is 3. The van der Waals surface area contributed by atoms with Gasteiger partial charge in [-0.05, 0) is 91.7 Å². The maximum absolute atomic E-state index is 12.6. The molecule has 0 aliphatic carbocycles. The van der Waals surface area contributed by atoms with Crippen molar-refractivity contribution in [2.24, 2.45) is 0 Å². The number of ether oxygens (including phenoxy) is 4. The minimum absolute atomic E-state index is 0.396. The molecule has 10 heteroatoms. The van der Waals surface area contributed by atoms with Crippen LogP contribution in [0.25, 0.3) is 10.9 Å². The minimum Gasteiger partial charge on any atom is -0.491 e. The van der Waals surface area contributed by atoms with E-state index in [4.69, 9.17) is 18.9 Å². The van der Waals surface area contributed by atoms with Crippen molar-refractivity contribution in [2.75, 3.05) is 26.8 Å². The molecule has 2 aromatic rings. The van der Waals surface area contributed by atoms with Crippen molar-refractivity contribution in [3.05, 3.63) is 29.5 Å². The number of benzene rings is 1. The molecule has 0 unspecified atom stereocenters. The van der Waals surface area contributed by atoms with Gasteiger partial charge in [0.05, 0.1) is 19.2 Å². The van der Waals surface area contributed by atoms with Crippen LogP contribution in [0.1, 0.15) is 103 Å². The second kappa shape index (κ2) is 16.1. The first kappa shape index (κ1) is 33.8. The third-order valence-corrected chi connectivity index (χ3v) is 6.06. The van der Waals surface area contributed by atoms with E-state index >= 15 is 0 Å². The highest BCUT2D eigenvalue weighted by Gasteiger charge is 2.20. The normalized spacial score (nSPS) is 11.7. The number of unbranched alkanes of at least 4 members (excludes halogenated alkanes) is 5. The Morgan fingerprint density at radius 2 is 1.34 bits per heavy atom. The number of aromatic nitrogens is 1. The molecular weight excluding hydrogens is 526 g/mol. The van der Waals surface area contributed by atoms with Crippen molar-refractivity contribution < 1.29 is 33.3 Å². The van der Waals surface area contributed by atoms with Gasteiger partial charge in [0.1, 0.15) is 22.6 Å². The number of methoxy groups -OCH3 is 1. The van der Waals surface area contributed by atoms with Crippen molar-refractivity contribution in [1.82, 2.24) is 15.6 Å². The van der Waals surface area contributed by atoms with Gasteiger partial charge in [0, 0.05) is 18.5 Å². The fraction of sp³-hybridized carbons (Fsp3) is 0.645. The zero-order valence-electron chi connectivity index (χ0n) is 25.9.